The van der Waals surface area contributed by atoms with Gasteiger partial charge in [0.05, 0.1) is 23.0 Å². The Morgan fingerprint density at radius 2 is 1.78 bits per heavy atom. The van der Waals surface area contributed by atoms with E-state index in [1.807, 2.05) is 38.1 Å². The molecule has 1 N–H and O–H groups in total. The first-order valence-electron chi connectivity index (χ1n) is 8.40. The molecule has 0 saturated carbocycles. The number of nitrogens with zero attached hydrogens (tertiary/aromatic N) is 1. The Bertz CT molecular complexity index is 915. The number of sulfonamides is 1. The standard InChI is InChI=1S/C19H22Cl2N2O3S/c1-4-17(14-7-5-13(2)6-8-14)22-19(24)12-23(27(3,25)26)18-11-15(20)9-10-16(18)21/h5-11,17H,4,12H2,1-3H3,(H,22,24)/t17-/m0/s1. The normalized spacial score (nSPS) is 12.5. The molecule has 0 heterocycles. The van der Waals surface area contributed by atoms with Gasteiger partial charge in [0.2, 0.25) is 15.9 Å². The second-order valence-electron chi connectivity index (χ2n) is 6.30. The van der Waals surface area contributed by atoms with E-state index in [1.54, 1.807) is 6.07 Å². The lowest BCUT2D eigenvalue weighted by molar-refractivity contribution is -0.120. The molecule has 0 aliphatic rings. The zero-order valence-corrected chi connectivity index (χ0v) is 17.7. The van der Waals surface area contributed by atoms with Crippen LogP contribution >= 0.6 is 23.2 Å². The quantitative estimate of drug-likeness (QED) is 0.712. The maximum absolute atomic E-state index is 12.6. The fraction of sp³-hybridized carbons (Fsp3) is 0.316. The lowest BCUT2D eigenvalue weighted by atomic mass is 10.0. The van der Waals surface area contributed by atoms with Crippen molar-refractivity contribution in [3.63, 3.8) is 0 Å². The number of hydrogen-bond acceptors (Lipinski definition) is 3. The summed E-state index contributed by atoms with van der Waals surface area (Å²) in [6, 6.07) is 12.1. The van der Waals surface area contributed by atoms with Crippen molar-refractivity contribution >= 4 is 44.8 Å². The predicted octanol–water partition coefficient (Wildman–Crippen LogP) is 4.34. The maximum atomic E-state index is 12.6. The Morgan fingerprint density at radius 3 is 2.33 bits per heavy atom. The van der Waals surface area contributed by atoms with E-state index < -0.39 is 15.9 Å². The van der Waals surface area contributed by atoms with Crippen LogP contribution in [-0.2, 0) is 14.8 Å². The van der Waals surface area contributed by atoms with Crippen LogP contribution in [0.4, 0.5) is 5.69 Å². The van der Waals surface area contributed by atoms with Crippen LogP contribution < -0.4 is 9.62 Å². The fourth-order valence-corrected chi connectivity index (χ4v) is 3.94. The molecule has 0 aliphatic heterocycles. The molecule has 1 amide bonds. The van der Waals surface area contributed by atoms with Crippen molar-refractivity contribution in [2.75, 3.05) is 17.1 Å². The van der Waals surface area contributed by atoms with Crippen LogP contribution in [0.15, 0.2) is 42.5 Å². The number of carbonyl (C=O) groups is 1. The molecule has 2 aromatic carbocycles. The van der Waals surface area contributed by atoms with Crippen LogP contribution in [0.25, 0.3) is 0 Å². The van der Waals surface area contributed by atoms with Crippen LogP contribution in [0.5, 0.6) is 0 Å². The average Bonchev–Trinajstić information content (AvgIpc) is 2.60. The smallest absolute Gasteiger partial charge is 0.241 e. The molecule has 0 fully saturated rings. The van der Waals surface area contributed by atoms with Gasteiger partial charge in [0, 0.05) is 5.02 Å². The highest BCUT2D eigenvalue weighted by Gasteiger charge is 2.24. The van der Waals surface area contributed by atoms with Crippen LogP contribution in [-0.4, -0.2) is 27.1 Å². The van der Waals surface area contributed by atoms with Gasteiger partial charge in [0.15, 0.2) is 0 Å². The summed E-state index contributed by atoms with van der Waals surface area (Å²) in [5.74, 6) is -0.427. The van der Waals surface area contributed by atoms with Gasteiger partial charge in [-0.05, 0) is 37.1 Å². The summed E-state index contributed by atoms with van der Waals surface area (Å²) >= 11 is 12.1. The molecular weight excluding hydrogens is 407 g/mol. The van der Waals surface area contributed by atoms with E-state index in [0.29, 0.717) is 11.4 Å². The predicted molar refractivity (Wildman–Crippen MR) is 111 cm³/mol. The van der Waals surface area contributed by atoms with Gasteiger partial charge in [-0.15, -0.1) is 0 Å². The first-order valence-corrected chi connectivity index (χ1v) is 11.0. The van der Waals surface area contributed by atoms with Crippen LogP contribution in [0, 0.1) is 6.92 Å². The van der Waals surface area contributed by atoms with E-state index in [0.717, 1.165) is 21.7 Å². The lowest BCUT2D eigenvalue weighted by Crippen LogP contribution is -2.41. The maximum Gasteiger partial charge on any atom is 0.241 e. The molecule has 0 saturated heterocycles. The van der Waals surface area contributed by atoms with Gasteiger partial charge >= 0.3 is 0 Å². The van der Waals surface area contributed by atoms with E-state index >= 15 is 0 Å². The minimum Gasteiger partial charge on any atom is -0.348 e. The zero-order chi connectivity index (χ0) is 20.2. The molecule has 0 aromatic heterocycles. The van der Waals surface area contributed by atoms with Gasteiger partial charge in [0.1, 0.15) is 6.54 Å². The Balaban J connectivity index is 2.23. The monoisotopic (exact) mass is 428 g/mol. The number of rotatable bonds is 7. The Morgan fingerprint density at radius 1 is 1.15 bits per heavy atom. The average molecular weight is 429 g/mol. The molecule has 0 radical (unpaired) electrons. The van der Waals surface area contributed by atoms with E-state index in [9.17, 15) is 13.2 Å². The van der Waals surface area contributed by atoms with Crippen molar-refractivity contribution in [3.05, 3.63) is 63.6 Å². The third-order valence-electron chi connectivity index (χ3n) is 4.09. The molecule has 5 nitrogen and oxygen atoms in total. The number of nitrogens with one attached hydrogen (secondary N) is 1. The number of benzene rings is 2. The summed E-state index contributed by atoms with van der Waals surface area (Å²) in [7, 11) is -3.74. The Labute approximate surface area is 170 Å². The van der Waals surface area contributed by atoms with E-state index in [4.69, 9.17) is 23.2 Å². The fourth-order valence-electron chi connectivity index (χ4n) is 2.65. The van der Waals surface area contributed by atoms with E-state index in [-0.39, 0.29) is 23.3 Å². The highest BCUT2D eigenvalue weighted by Crippen LogP contribution is 2.30. The SMILES string of the molecule is CC[C@H](NC(=O)CN(c1cc(Cl)ccc1Cl)S(C)(=O)=O)c1ccc(C)cc1. The molecule has 146 valence electrons. The molecule has 2 rings (SSSR count). The zero-order valence-electron chi connectivity index (χ0n) is 15.4. The highest BCUT2D eigenvalue weighted by atomic mass is 35.5. The summed E-state index contributed by atoms with van der Waals surface area (Å²) in [6.07, 6.45) is 1.69. The van der Waals surface area contributed by atoms with Crippen molar-refractivity contribution < 1.29 is 13.2 Å². The van der Waals surface area contributed by atoms with Crippen molar-refractivity contribution in [2.45, 2.75) is 26.3 Å². The van der Waals surface area contributed by atoms with Crippen molar-refractivity contribution in [3.8, 4) is 0 Å². The Kier molecular flexibility index (Phi) is 7.14. The van der Waals surface area contributed by atoms with E-state index in [1.165, 1.54) is 12.1 Å². The van der Waals surface area contributed by atoms with Crippen molar-refractivity contribution in [2.24, 2.45) is 0 Å². The number of amides is 1. The molecule has 0 aliphatic carbocycles. The number of anilines is 1. The van der Waals surface area contributed by atoms with Gasteiger partial charge in [-0.25, -0.2) is 8.42 Å². The number of halogens is 2. The third kappa shape index (κ3) is 5.86. The van der Waals surface area contributed by atoms with Crippen LogP contribution in [0.2, 0.25) is 10.0 Å². The summed E-state index contributed by atoms with van der Waals surface area (Å²) in [4.78, 5) is 12.6. The van der Waals surface area contributed by atoms with Crippen LogP contribution in [0.3, 0.4) is 0 Å². The lowest BCUT2D eigenvalue weighted by Gasteiger charge is -2.25. The van der Waals surface area contributed by atoms with Crippen molar-refractivity contribution in [1.82, 2.24) is 5.32 Å². The minimum atomic E-state index is -3.74. The van der Waals surface area contributed by atoms with E-state index in [2.05, 4.69) is 5.32 Å². The van der Waals surface area contributed by atoms with Gasteiger partial charge in [0.25, 0.3) is 0 Å². The molecule has 0 unspecified atom stereocenters. The topological polar surface area (TPSA) is 66.5 Å². The van der Waals surface area contributed by atoms with Gasteiger partial charge in [-0.2, -0.15) is 0 Å². The second-order valence-corrected chi connectivity index (χ2v) is 9.05. The summed E-state index contributed by atoms with van der Waals surface area (Å²) in [5.41, 5.74) is 2.26. The summed E-state index contributed by atoms with van der Waals surface area (Å²) in [5, 5.41) is 3.41. The second kappa shape index (κ2) is 8.95. The largest absolute Gasteiger partial charge is 0.348 e. The van der Waals surface area contributed by atoms with Gasteiger partial charge in [-0.3, -0.25) is 9.10 Å². The number of aryl methyl sites for hydroxylation is 1. The van der Waals surface area contributed by atoms with Gasteiger partial charge in [-0.1, -0.05) is 60.0 Å². The molecule has 0 bridgehead atoms. The number of carbonyl (C=O) groups excluding carboxylic acids is 1. The first-order chi connectivity index (χ1) is 12.6. The molecular formula is C19H22Cl2N2O3S. The molecule has 2 aromatic rings. The Hall–Kier alpha value is -1.76. The molecule has 27 heavy (non-hydrogen) atoms. The first kappa shape index (κ1) is 21.5. The highest BCUT2D eigenvalue weighted by molar-refractivity contribution is 7.92. The minimum absolute atomic E-state index is 0.171. The molecule has 8 heteroatoms. The number of hydrogen-bond donors (Lipinski definition) is 1. The van der Waals surface area contributed by atoms with Crippen LogP contribution in [0.1, 0.15) is 30.5 Å². The van der Waals surface area contributed by atoms with Crippen molar-refractivity contribution in [1.29, 1.82) is 0 Å². The summed E-state index contributed by atoms with van der Waals surface area (Å²) in [6.45, 7) is 3.55. The molecule has 0 spiro atoms. The van der Waals surface area contributed by atoms with Gasteiger partial charge < -0.3 is 5.32 Å². The summed E-state index contributed by atoms with van der Waals surface area (Å²) < 4.78 is 25.4. The molecule has 1 atom stereocenters. The third-order valence-corrected chi connectivity index (χ3v) is 5.77.